The highest BCUT2D eigenvalue weighted by Gasteiger charge is 2.36. The fraction of sp³-hybridized carbons (Fsp3) is 0.217. The minimum Gasteiger partial charge on any atom is -0.493 e. The van der Waals surface area contributed by atoms with Gasteiger partial charge in [-0.15, -0.1) is 0 Å². The first-order valence-corrected chi connectivity index (χ1v) is 11.3. The lowest BCUT2D eigenvalue weighted by Gasteiger charge is -2.13. The molecule has 178 valence electrons. The van der Waals surface area contributed by atoms with Gasteiger partial charge < -0.3 is 19.5 Å². The summed E-state index contributed by atoms with van der Waals surface area (Å²) in [6.45, 7) is 1.01. The topological polar surface area (TPSA) is 111 Å². The molecule has 1 fully saturated rings. The Bertz CT molecular complexity index is 1140. The third-order valence-corrected chi connectivity index (χ3v) is 5.61. The first-order chi connectivity index (χ1) is 16.3. The van der Waals surface area contributed by atoms with Gasteiger partial charge in [0.2, 0.25) is 0 Å². The van der Waals surface area contributed by atoms with Gasteiger partial charge >= 0.3 is 5.97 Å². The standard InChI is InChI=1S/C23H21ClN2O7S/c1-3-32-20(28)12-26-22(29)18(34-23(26)30)11-14-9-16(24)21(17(10-14)31-2)33-13-19(27)25-15-7-5-4-6-8-15/h4-11H,3,12-13H2,1-2H3,(H,25,27)/b18-11+. The van der Waals surface area contributed by atoms with Crippen molar-refractivity contribution in [2.45, 2.75) is 6.92 Å². The number of benzene rings is 2. The fourth-order valence-electron chi connectivity index (χ4n) is 2.94. The number of halogens is 1. The van der Waals surface area contributed by atoms with Crippen molar-refractivity contribution in [3.8, 4) is 11.5 Å². The Kier molecular flexibility index (Phi) is 8.55. The number of rotatable bonds is 9. The lowest BCUT2D eigenvalue weighted by molar-refractivity contribution is -0.146. The second-order valence-electron chi connectivity index (χ2n) is 6.81. The largest absolute Gasteiger partial charge is 0.493 e. The quantitative estimate of drug-likeness (QED) is 0.403. The third kappa shape index (κ3) is 6.30. The number of hydrogen-bond acceptors (Lipinski definition) is 8. The van der Waals surface area contributed by atoms with Crippen LogP contribution in [0.1, 0.15) is 12.5 Å². The van der Waals surface area contributed by atoms with Crippen molar-refractivity contribution in [3.63, 3.8) is 0 Å². The summed E-state index contributed by atoms with van der Waals surface area (Å²) in [4.78, 5) is 49.5. The van der Waals surface area contributed by atoms with E-state index in [0.717, 1.165) is 4.90 Å². The molecule has 3 rings (SSSR count). The van der Waals surface area contributed by atoms with Crippen LogP contribution in [-0.4, -0.2) is 54.8 Å². The van der Waals surface area contributed by atoms with Crippen molar-refractivity contribution >= 4 is 58.1 Å². The van der Waals surface area contributed by atoms with Gasteiger partial charge in [0.05, 0.1) is 23.6 Å². The molecule has 2 aromatic rings. The number of imide groups is 1. The molecule has 0 atom stereocenters. The molecule has 1 aliphatic heterocycles. The molecule has 0 aliphatic carbocycles. The van der Waals surface area contributed by atoms with Crippen LogP contribution < -0.4 is 14.8 Å². The Hall–Kier alpha value is -3.50. The van der Waals surface area contributed by atoms with E-state index in [2.05, 4.69) is 5.32 Å². The van der Waals surface area contributed by atoms with Crippen molar-refractivity contribution in [3.05, 3.63) is 58.0 Å². The molecule has 0 aromatic heterocycles. The summed E-state index contributed by atoms with van der Waals surface area (Å²) in [5, 5.41) is 2.26. The maximum absolute atomic E-state index is 12.6. The van der Waals surface area contributed by atoms with Gasteiger partial charge in [0.1, 0.15) is 6.54 Å². The predicted octanol–water partition coefficient (Wildman–Crippen LogP) is 3.97. The van der Waals surface area contributed by atoms with Crippen LogP contribution in [0.15, 0.2) is 47.4 Å². The number of anilines is 1. The minimum absolute atomic E-state index is 0.114. The van der Waals surface area contributed by atoms with Crippen molar-refractivity contribution in [2.75, 3.05) is 32.2 Å². The predicted molar refractivity (Wildman–Crippen MR) is 128 cm³/mol. The maximum Gasteiger partial charge on any atom is 0.326 e. The van der Waals surface area contributed by atoms with Crippen LogP contribution in [0.25, 0.3) is 6.08 Å². The summed E-state index contributed by atoms with van der Waals surface area (Å²) in [5.74, 6) is -1.29. The lowest BCUT2D eigenvalue weighted by Crippen LogP contribution is -2.34. The van der Waals surface area contributed by atoms with Gasteiger partial charge in [0, 0.05) is 5.69 Å². The number of hydrogen-bond donors (Lipinski definition) is 1. The highest BCUT2D eigenvalue weighted by molar-refractivity contribution is 8.18. The fourth-order valence-corrected chi connectivity index (χ4v) is 4.05. The van der Waals surface area contributed by atoms with E-state index in [0.29, 0.717) is 23.0 Å². The molecule has 0 saturated carbocycles. The molecular weight excluding hydrogens is 484 g/mol. The average Bonchev–Trinajstić information content (AvgIpc) is 3.06. The maximum atomic E-state index is 12.6. The number of thioether (sulfide) groups is 1. The molecule has 1 aliphatic rings. The lowest BCUT2D eigenvalue weighted by atomic mass is 10.1. The number of ether oxygens (including phenoxy) is 3. The van der Waals surface area contributed by atoms with E-state index in [4.69, 9.17) is 25.8 Å². The van der Waals surface area contributed by atoms with Crippen molar-refractivity contribution in [2.24, 2.45) is 0 Å². The average molecular weight is 505 g/mol. The van der Waals surface area contributed by atoms with Crippen molar-refractivity contribution in [1.82, 2.24) is 4.90 Å². The highest BCUT2D eigenvalue weighted by atomic mass is 35.5. The first-order valence-electron chi connectivity index (χ1n) is 10.1. The molecule has 1 N–H and O–H groups in total. The molecule has 1 heterocycles. The van der Waals surface area contributed by atoms with Gasteiger partial charge in [-0.2, -0.15) is 0 Å². The molecule has 1 saturated heterocycles. The minimum atomic E-state index is -0.673. The number of esters is 1. The summed E-state index contributed by atoms with van der Waals surface area (Å²) in [6, 6.07) is 12.0. The SMILES string of the molecule is CCOC(=O)CN1C(=O)S/C(=C/c2cc(Cl)c(OCC(=O)Nc3ccccc3)c(OC)c2)C1=O. The van der Waals surface area contributed by atoms with Crippen molar-refractivity contribution < 1.29 is 33.4 Å². The van der Waals surface area contributed by atoms with Gasteiger partial charge in [0.25, 0.3) is 17.1 Å². The number of carbonyl (C=O) groups excluding carboxylic acids is 4. The number of nitrogens with zero attached hydrogens (tertiary/aromatic N) is 1. The first kappa shape index (κ1) is 25.1. The zero-order chi connectivity index (χ0) is 24.7. The monoisotopic (exact) mass is 504 g/mol. The van der Waals surface area contributed by atoms with E-state index in [1.165, 1.54) is 19.3 Å². The summed E-state index contributed by atoms with van der Waals surface area (Å²) in [7, 11) is 1.40. The number of carbonyl (C=O) groups is 4. The van der Waals surface area contributed by atoms with E-state index in [-0.39, 0.29) is 40.5 Å². The van der Waals surface area contributed by atoms with Crippen LogP contribution in [0.4, 0.5) is 10.5 Å². The molecular formula is C23H21ClN2O7S. The van der Waals surface area contributed by atoms with E-state index in [1.807, 2.05) is 6.07 Å². The molecule has 0 radical (unpaired) electrons. The molecule has 9 nitrogen and oxygen atoms in total. The van der Waals surface area contributed by atoms with E-state index in [1.54, 1.807) is 37.3 Å². The van der Waals surface area contributed by atoms with E-state index < -0.39 is 23.7 Å². The second kappa shape index (κ2) is 11.6. The molecule has 0 unspecified atom stereocenters. The van der Waals surface area contributed by atoms with Crippen LogP contribution in [0.5, 0.6) is 11.5 Å². The second-order valence-corrected chi connectivity index (χ2v) is 8.21. The zero-order valence-electron chi connectivity index (χ0n) is 18.3. The van der Waals surface area contributed by atoms with Gasteiger partial charge in [-0.05, 0) is 54.6 Å². The van der Waals surface area contributed by atoms with E-state index in [9.17, 15) is 19.2 Å². The number of nitrogens with one attached hydrogen (secondary N) is 1. The molecule has 3 amide bonds. The Balaban J connectivity index is 1.72. The summed E-state index contributed by atoms with van der Waals surface area (Å²) in [5.41, 5.74) is 1.09. The van der Waals surface area contributed by atoms with Gasteiger partial charge in [-0.3, -0.25) is 24.1 Å². The van der Waals surface area contributed by atoms with Crippen LogP contribution >= 0.6 is 23.4 Å². The molecule has 11 heteroatoms. The normalized spacial score (nSPS) is 14.3. The smallest absolute Gasteiger partial charge is 0.326 e. The zero-order valence-corrected chi connectivity index (χ0v) is 19.9. The van der Waals surface area contributed by atoms with Crippen molar-refractivity contribution in [1.29, 1.82) is 0 Å². The van der Waals surface area contributed by atoms with Crippen LogP contribution in [-0.2, 0) is 19.1 Å². The van der Waals surface area contributed by atoms with Crippen LogP contribution in [0, 0.1) is 0 Å². The summed E-state index contributed by atoms with van der Waals surface area (Å²) >= 11 is 7.04. The Morgan fingerprint density at radius 1 is 1.18 bits per heavy atom. The van der Waals surface area contributed by atoms with E-state index >= 15 is 0 Å². The summed E-state index contributed by atoms with van der Waals surface area (Å²) < 4.78 is 15.7. The van der Waals surface area contributed by atoms with Gasteiger partial charge in [-0.25, -0.2) is 0 Å². The number of para-hydroxylation sites is 1. The Morgan fingerprint density at radius 2 is 1.91 bits per heavy atom. The van der Waals surface area contributed by atoms with Crippen LogP contribution in [0.3, 0.4) is 0 Å². The number of amides is 3. The molecule has 0 bridgehead atoms. The summed E-state index contributed by atoms with van der Waals surface area (Å²) in [6.07, 6.45) is 1.45. The number of methoxy groups -OCH3 is 1. The highest BCUT2D eigenvalue weighted by Crippen LogP contribution is 2.39. The Morgan fingerprint density at radius 3 is 2.59 bits per heavy atom. The van der Waals surface area contributed by atoms with Crippen LogP contribution in [0.2, 0.25) is 5.02 Å². The Labute approximate surface area is 205 Å². The third-order valence-electron chi connectivity index (χ3n) is 4.42. The molecule has 34 heavy (non-hydrogen) atoms. The molecule has 2 aromatic carbocycles. The molecule has 0 spiro atoms. The van der Waals surface area contributed by atoms with Gasteiger partial charge in [0.15, 0.2) is 18.1 Å². The van der Waals surface area contributed by atoms with Gasteiger partial charge in [-0.1, -0.05) is 29.8 Å².